The van der Waals surface area contributed by atoms with Crippen LogP contribution in [0.1, 0.15) is 24.0 Å². The van der Waals surface area contributed by atoms with Gasteiger partial charge in [-0.1, -0.05) is 29.4 Å². The molecule has 33 heavy (non-hydrogen) atoms. The van der Waals surface area contributed by atoms with E-state index in [1.165, 1.54) is 17.1 Å². The molecule has 1 unspecified atom stereocenters. The number of aromatic nitrogens is 2. The Labute approximate surface area is 189 Å². The van der Waals surface area contributed by atoms with Gasteiger partial charge >= 0.3 is 5.97 Å². The van der Waals surface area contributed by atoms with E-state index in [1.54, 1.807) is 31.3 Å². The lowest BCUT2D eigenvalue weighted by Gasteiger charge is -2.15. The van der Waals surface area contributed by atoms with Crippen LogP contribution in [0.4, 0.5) is 0 Å². The van der Waals surface area contributed by atoms with E-state index in [-0.39, 0.29) is 17.3 Å². The first kappa shape index (κ1) is 23.9. The summed E-state index contributed by atoms with van der Waals surface area (Å²) < 4.78 is 28.0. The van der Waals surface area contributed by atoms with Crippen molar-refractivity contribution < 1.29 is 28.0 Å². The molecule has 13 nitrogen and oxygen atoms in total. The molecule has 0 radical (unpaired) electrons. The van der Waals surface area contributed by atoms with Crippen LogP contribution in [0.15, 0.2) is 47.0 Å². The van der Waals surface area contributed by atoms with E-state index >= 15 is 0 Å². The van der Waals surface area contributed by atoms with Gasteiger partial charge in [-0.25, -0.2) is 13.4 Å². The fourth-order valence-electron chi connectivity index (χ4n) is 3.00. The number of nitrogens with two attached hydrogens (primary N) is 1. The largest absolute Gasteiger partial charge is 0.480 e. The van der Waals surface area contributed by atoms with Crippen molar-refractivity contribution in [3.8, 4) is 0 Å². The molecule has 1 amide bonds. The molecule has 0 saturated carbocycles. The molecule has 0 bridgehead atoms. The number of nitrogens with one attached hydrogen (secondary N) is 3. The van der Waals surface area contributed by atoms with Gasteiger partial charge in [-0.2, -0.15) is 4.72 Å². The van der Waals surface area contributed by atoms with Crippen LogP contribution in [0.25, 0.3) is 0 Å². The number of aryl methyl sites for hydroxylation is 1. The zero-order valence-corrected chi connectivity index (χ0v) is 18.4. The first-order valence-corrected chi connectivity index (χ1v) is 11.2. The van der Waals surface area contributed by atoms with Gasteiger partial charge in [0, 0.05) is 31.8 Å². The average Bonchev–Trinajstić information content (AvgIpc) is 3.40. The topological polar surface area (TPSA) is 202 Å². The Morgan fingerprint density at radius 3 is 2.64 bits per heavy atom. The van der Waals surface area contributed by atoms with E-state index in [9.17, 15) is 23.1 Å². The minimum atomic E-state index is -4.18. The molecule has 0 aliphatic carbocycles. The van der Waals surface area contributed by atoms with Crippen LogP contribution in [0.2, 0.25) is 0 Å². The summed E-state index contributed by atoms with van der Waals surface area (Å²) in [6.07, 6.45) is 2.19. The quantitative estimate of drug-likeness (QED) is 0.215. The van der Waals surface area contributed by atoms with Crippen molar-refractivity contribution in [1.29, 1.82) is 5.41 Å². The molecule has 0 spiro atoms. The highest BCUT2D eigenvalue weighted by Crippen LogP contribution is 2.19. The van der Waals surface area contributed by atoms with Gasteiger partial charge in [0.1, 0.15) is 18.0 Å². The number of oxime groups is 1. The number of carboxylic acid groups (broad SMARTS) is 1. The standard InChI is InChI=1S/C19H23N7O6S/c1-26-9-17(23-10-26)33(30,31)25-15(19(28)29)8-22-16(27)7-13-6-14(24-32-13)11-2-4-12(5-3-11)18(20)21/h2-5,9-10,13,15,25H,6-8H2,1H3,(H3,20,21)(H,22,27)(H,28,29)/t13?,15-/m0/s1. The number of imidazole rings is 1. The van der Waals surface area contributed by atoms with E-state index < -0.39 is 40.6 Å². The average molecular weight is 478 g/mol. The van der Waals surface area contributed by atoms with Crippen LogP contribution in [0.5, 0.6) is 0 Å². The SMILES string of the molecule is Cn1cnc(S(=O)(=O)N[C@@H](CNC(=O)CC2CC(c3ccc(C(=N)N)cc3)=NO2)C(=O)O)c1. The van der Waals surface area contributed by atoms with Crippen molar-refractivity contribution in [2.75, 3.05) is 6.54 Å². The molecule has 1 aromatic carbocycles. The minimum Gasteiger partial charge on any atom is -0.480 e. The molecule has 2 heterocycles. The van der Waals surface area contributed by atoms with E-state index in [0.717, 1.165) is 5.56 Å². The predicted molar refractivity (Wildman–Crippen MR) is 116 cm³/mol. The molecule has 0 saturated heterocycles. The predicted octanol–water partition coefficient (Wildman–Crippen LogP) is -0.865. The van der Waals surface area contributed by atoms with Gasteiger partial charge in [0.2, 0.25) is 5.91 Å². The number of carbonyl (C=O) groups excluding carboxylic acids is 1. The number of hydrogen-bond acceptors (Lipinski definition) is 8. The van der Waals surface area contributed by atoms with Gasteiger partial charge in [-0.05, 0) is 5.56 Å². The van der Waals surface area contributed by atoms with Crippen LogP contribution in [0.3, 0.4) is 0 Å². The van der Waals surface area contributed by atoms with Crippen molar-refractivity contribution in [2.45, 2.75) is 30.0 Å². The lowest BCUT2D eigenvalue weighted by Crippen LogP contribution is -2.48. The lowest BCUT2D eigenvalue weighted by atomic mass is 10.0. The van der Waals surface area contributed by atoms with E-state index in [4.69, 9.17) is 16.0 Å². The van der Waals surface area contributed by atoms with Crippen molar-refractivity contribution in [3.05, 3.63) is 47.9 Å². The summed E-state index contributed by atoms with van der Waals surface area (Å²) in [5.74, 6) is -2.03. The molecule has 1 aliphatic rings. The molecule has 14 heteroatoms. The third-order valence-corrected chi connectivity index (χ3v) is 6.09. The van der Waals surface area contributed by atoms with Crippen LogP contribution in [-0.2, 0) is 31.5 Å². The van der Waals surface area contributed by atoms with E-state index in [0.29, 0.717) is 17.7 Å². The highest BCUT2D eigenvalue weighted by atomic mass is 32.2. The number of carboxylic acids is 1. The summed E-state index contributed by atoms with van der Waals surface area (Å²) in [7, 11) is -2.61. The number of nitrogen functional groups attached to an aromatic ring is 1. The number of nitrogens with zero attached hydrogens (tertiary/aromatic N) is 3. The Kier molecular flexibility index (Phi) is 7.08. The summed E-state index contributed by atoms with van der Waals surface area (Å²) >= 11 is 0. The van der Waals surface area contributed by atoms with E-state index in [1.807, 2.05) is 4.72 Å². The minimum absolute atomic E-state index is 0.0531. The second-order valence-corrected chi connectivity index (χ2v) is 9.02. The van der Waals surface area contributed by atoms with Gasteiger partial charge < -0.3 is 25.6 Å². The number of rotatable bonds is 10. The molecule has 2 aromatic rings. The number of hydrogen-bond donors (Lipinski definition) is 5. The van der Waals surface area contributed by atoms with Crippen molar-refractivity contribution in [2.24, 2.45) is 17.9 Å². The van der Waals surface area contributed by atoms with Crippen LogP contribution < -0.4 is 15.8 Å². The Bertz CT molecular complexity index is 1190. The molecule has 1 aliphatic heterocycles. The number of aliphatic carboxylic acids is 1. The number of amides is 1. The Morgan fingerprint density at radius 2 is 2.06 bits per heavy atom. The molecule has 176 valence electrons. The molecule has 1 aromatic heterocycles. The fourth-order valence-corrected chi connectivity index (χ4v) is 4.17. The second kappa shape index (κ2) is 9.79. The number of carbonyl (C=O) groups is 2. The maximum atomic E-state index is 12.3. The van der Waals surface area contributed by atoms with Crippen molar-refractivity contribution >= 4 is 33.4 Å². The Hall–Kier alpha value is -3.78. The molecule has 2 atom stereocenters. The van der Waals surface area contributed by atoms with Gasteiger partial charge in [0.25, 0.3) is 10.0 Å². The summed E-state index contributed by atoms with van der Waals surface area (Å²) in [6.45, 7) is -0.465. The molecular weight excluding hydrogens is 454 g/mol. The summed E-state index contributed by atoms with van der Waals surface area (Å²) in [5, 5.41) is 22.8. The molecule has 6 N–H and O–H groups in total. The smallest absolute Gasteiger partial charge is 0.323 e. The summed E-state index contributed by atoms with van der Waals surface area (Å²) in [6, 6.07) is 5.26. The van der Waals surface area contributed by atoms with Gasteiger partial charge in [-0.15, -0.1) is 0 Å². The zero-order chi connectivity index (χ0) is 24.2. The van der Waals surface area contributed by atoms with Gasteiger partial charge in [0.05, 0.1) is 18.5 Å². The maximum absolute atomic E-state index is 12.3. The lowest BCUT2D eigenvalue weighted by molar-refractivity contribution is -0.138. The fraction of sp³-hybridized carbons (Fsp3) is 0.316. The Morgan fingerprint density at radius 1 is 1.36 bits per heavy atom. The normalized spacial score (nSPS) is 16.5. The van der Waals surface area contributed by atoms with Gasteiger partial charge in [-0.3, -0.25) is 15.0 Å². The maximum Gasteiger partial charge on any atom is 0.323 e. The number of sulfonamides is 1. The third-order valence-electron chi connectivity index (χ3n) is 4.73. The summed E-state index contributed by atoms with van der Waals surface area (Å²) in [5.41, 5.74) is 7.38. The zero-order valence-electron chi connectivity index (χ0n) is 17.6. The highest BCUT2D eigenvalue weighted by Gasteiger charge is 2.29. The van der Waals surface area contributed by atoms with Gasteiger partial charge in [0.15, 0.2) is 5.03 Å². The molecule has 3 rings (SSSR count). The highest BCUT2D eigenvalue weighted by molar-refractivity contribution is 7.89. The van der Waals surface area contributed by atoms with Crippen molar-refractivity contribution in [3.63, 3.8) is 0 Å². The third kappa shape index (κ3) is 6.14. The first-order chi connectivity index (χ1) is 15.5. The first-order valence-electron chi connectivity index (χ1n) is 9.72. The monoisotopic (exact) mass is 477 g/mol. The van der Waals surface area contributed by atoms with Crippen LogP contribution in [0, 0.1) is 5.41 Å². The van der Waals surface area contributed by atoms with Crippen molar-refractivity contribution in [1.82, 2.24) is 19.6 Å². The summed E-state index contributed by atoms with van der Waals surface area (Å²) in [4.78, 5) is 32.7. The number of benzene rings is 1. The van der Waals surface area contributed by atoms with Crippen LogP contribution >= 0.6 is 0 Å². The number of amidine groups is 1. The Balaban J connectivity index is 1.51. The molecular formula is C19H23N7O6S. The molecule has 0 fully saturated rings. The second-order valence-electron chi connectivity index (χ2n) is 7.36. The van der Waals surface area contributed by atoms with Crippen LogP contribution in [-0.4, -0.2) is 65.2 Å². The van der Waals surface area contributed by atoms with E-state index in [2.05, 4.69) is 15.5 Å².